The average Bonchev–Trinajstić information content (AvgIpc) is 2.91. The number of allylic oxidation sites excluding steroid dienone is 5. The Morgan fingerprint density at radius 1 is 1.22 bits per heavy atom. The summed E-state index contributed by atoms with van der Waals surface area (Å²) in [5.41, 5.74) is 10.8. The van der Waals surface area contributed by atoms with Crippen molar-refractivity contribution in [1.82, 2.24) is 4.90 Å². The highest BCUT2D eigenvalue weighted by Gasteiger charge is 2.40. The van der Waals surface area contributed by atoms with Crippen molar-refractivity contribution in [2.75, 3.05) is 12.3 Å². The summed E-state index contributed by atoms with van der Waals surface area (Å²) in [6, 6.07) is 10.4. The molecule has 2 aromatic rings. The highest BCUT2D eigenvalue weighted by Crippen LogP contribution is 2.47. The minimum Gasteiger partial charge on any atom is -0.390 e. The second-order valence-corrected chi connectivity index (χ2v) is 8.91. The standard InChI is InChI=1S/C22H19ClN2OS/c23-15-7-6-14-8-17-20-18(21(26)16(14)9-15)11-25(12-19(20)27-22(17)24)10-13-4-2-1-3-5-13/h1-9,16,18H,10-12,24H2. The van der Waals surface area contributed by atoms with Gasteiger partial charge in [0.05, 0.1) is 16.8 Å². The lowest BCUT2D eigenvalue weighted by Gasteiger charge is -2.33. The highest BCUT2D eigenvalue weighted by molar-refractivity contribution is 7.16. The maximum absolute atomic E-state index is 13.5. The molecule has 0 saturated heterocycles. The lowest BCUT2D eigenvalue weighted by atomic mass is 9.82. The Morgan fingerprint density at radius 3 is 2.85 bits per heavy atom. The molecule has 1 aromatic heterocycles. The van der Waals surface area contributed by atoms with Crippen molar-refractivity contribution in [2.45, 2.75) is 19.0 Å². The van der Waals surface area contributed by atoms with Crippen LogP contribution in [0, 0.1) is 5.92 Å². The number of ketones is 1. The number of carbonyl (C=O) groups is 1. The van der Waals surface area contributed by atoms with E-state index < -0.39 is 0 Å². The first-order valence-corrected chi connectivity index (χ1v) is 10.3. The summed E-state index contributed by atoms with van der Waals surface area (Å²) in [7, 11) is 0. The van der Waals surface area contributed by atoms with E-state index in [0.717, 1.165) is 41.3 Å². The number of Topliss-reactive ketones (excluding diaryl/α,β-unsaturated/α-hetero) is 1. The number of nitrogen functional groups attached to an aromatic ring is 1. The predicted molar refractivity (Wildman–Crippen MR) is 112 cm³/mol. The molecule has 0 radical (unpaired) electrons. The van der Waals surface area contributed by atoms with Crippen molar-refractivity contribution in [1.29, 1.82) is 0 Å². The van der Waals surface area contributed by atoms with Gasteiger partial charge in [0.25, 0.3) is 0 Å². The van der Waals surface area contributed by atoms with Gasteiger partial charge in [0.15, 0.2) is 5.78 Å². The largest absolute Gasteiger partial charge is 0.390 e. The molecule has 2 atom stereocenters. The van der Waals surface area contributed by atoms with Gasteiger partial charge in [0.2, 0.25) is 0 Å². The summed E-state index contributed by atoms with van der Waals surface area (Å²) in [4.78, 5) is 17.0. The minimum atomic E-state index is -0.283. The lowest BCUT2D eigenvalue weighted by molar-refractivity contribution is -0.122. The van der Waals surface area contributed by atoms with Crippen LogP contribution in [0.15, 0.2) is 59.2 Å². The first kappa shape index (κ1) is 17.0. The third-order valence-corrected chi connectivity index (χ3v) is 6.86. The zero-order valence-electron chi connectivity index (χ0n) is 14.7. The van der Waals surface area contributed by atoms with Gasteiger partial charge >= 0.3 is 0 Å². The van der Waals surface area contributed by atoms with Crippen LogP contribution in [0.3, 0.4) is 0 Å². The quantitative estimate of drug-likeness (QED) is 0.802. The number of nitrogens with two attached hydrogens (primary N) is 1. The topological polar surface area (TPSA) is 46.3 Å². The molecule has 0 bridgehead atoms. The number of thiophene rings is 1. The second-order valence-electron chi connectivity index (χ2n) is 7.33. The van der Waals surface area contributed by atoms with Gasteiger partial charge in [0.1, 0.15) is 0 Å². The molecule has 27 heavy (non-hydrogen) atoms. The molecule has 3 aliphatic rings. The summed E-state index contributed by atoms with van der Waals surface area (Å²) in [5, 5.41) is 1.43. The van der Waals surface area contributed by atoms with Crippen LogP contribution in [-0.2, 0) is 17.9 Å². The molecule has 1 aromatic carbocycles. The van der Waals surface area contributed by atoms with E-state index in [1.54, 1.807) is 11.3 Å². The van der Waals surface area contributed by atoms with Gasteiger partial charge in [-0.05, 0) is 28.9 Å². The molecule has 3 nitrogen and oxygen atoms in total. The SMILES string of the molecule is Nc1sc2c3c1C=C1C=CC(Cl)=CC1C(=O)C3CN(Cc1ccccc1)C2. The average molecular weight is 395 g/mol. The minimum absolute atomic E-state index is 0.160. The maximum Gasteiger partial charge on any atom is 0.152 e. The second kappa shape index (κ2) is 6.48. The van der Waals surface area contributed by atoms with Gasteiger partial charge in [0, 0.05) is 35.1 Å². The molecule has 2 heterocycles. The first-order chi connectivity index (χ1) is 13.1. The van der Waals surface area contributed by atoms with E-state index in [2.05, 4.69) is 35.2 Å². The molecule has 0 amide bonds. The fourth-order valence-electron chi connectivity index (χ4n) is 4.34. The number of benzene rings is 1. The van der Waals surface area contributed by atoms with Crippen molar-refractivity contribution in [3.05, 3.63) is 80.7 Å². The van der Waals surface area contributed by atoms with Crippen LogP contribution in [0.25, 0.3) is 6.08 Å². The summed E-state index contributed by atoms with van der Waals surface area (Å²) < 4.78 is 0. The number of halogens is 1. The normalized spacial score (nSPS) is 24.0. The van der Waals surface area contributed by atoms with E-state index in [-0.39, 0.29) is 17.6 Å². The molecule has 0 fully saturated rings. The maximum atomic E-state index is 13.5. The molecule has 5 heteroatoms. The van der Waals surface area contributed by atoms with Crippen molar-refractivity contribution < 1.29 is 4.79 Å². The molecule has 2 N–H and O–H groups in total. The van der Waals surface area contributed by atoms with Crippen molar-refractivity contribution in [3.8, 4) is 0 Å². The van der Waals surface area contributed by atoms with E-state index in [1.165, 1.54) is 10.4 Å². The number of rotatable bonds is 2. The highest BCUT2D eigenvalue weighted by atomic mass is 35.5. The van der Waals surface area contributed by atoms with Crippen molar-refractivity contribution in [3.63, 3.8) is 0 Å². The fourth-order valence-corrected chi connectivity index (χ4v) is 5.69. The van der Waals surface area contributed by atoms with Crippen LogP contribution in [0.5, 0.6) is 0 Å². The summed E-state index contributed by atoms with van der Waals surface area (Å²) in [6.45, 7) is 2.39. The van der Waals surface area contributed by atoms with Gasteiger partial charge in [-0.15, -0.1) is 11.3 Å². The predicted octanol–water partition coefficient (Wildman–Crippen LogP) is 4.70. The van der Waals surface area contributed by atoms with Crippen LogP contribution >= 0.6 is 22.9 Å². The molecule has 2 aliphatic carbocycles. The lowest BCUT2D eigenvalue weighted by Crippen LogP contribution is -2.37. The van der Waals surface area contributed by atoms with Crippen molar-refractivity contribution in [2.24, 2.45) is 5.92 Å². The van der Waals surface area contributed by atoms with E-state index in [0.29, 0.717) is 5.03 Å². The number of hydrogen-bond acceptors (Lipinski definition) is 4. The smallest absolute Gasteiger partial charge is 0.152 e. The summed E-state index contributed by atoms with van der Waals surface area (Å²) in [5.74, 6) is -0.222. The fraction of sp³-hybridized carbons (Fsp3) is 0.227. The first-order valence-electron chi connectivity index (χ1n) is 9.08. The molecule has 2 unspecified atom stereocenters. The molecule has 136 valence electrons. The molecule has 1 aliphatic heterocycles. The zero-order valence-corrected chi connectivity index (χ0v) is 16.3. The van der Waals surface area contributed by atoms with Gasteiger partial charge in [-0.2, -0.15) is 0 Å². The van der Waals surface area contributed by atoms with E-state index in [9.17, 15) is 4.79 Å². The monoisotopic (exact) mass is 394 g/mol. The molecular weight excluding hydrogens is 376 g/mol. The Morgan fingerprint density at radius 2 is 2.04 bits per heavy atom. The van der Waals surface area contributed by atoms with Gasteiger partial charge in [-0.3, -0.25) is 9.69 Å². The Hall–Kier alpha value is -2.14. The number of hydrogen-bond donors (Lipinski definition) is 1. The van der Waals surface area contributed by atoms with Gasteiger partial charge in [-0.25, -0.2) is 0 Å². The molecule has 0 saturated carbocycles. The van der Waals surface area contributed by atoms with Crippen LogP contribution in [-0.4, -0.2) is 17.2 Å². The third kappa shape index (κ3) is 2.89. The summed E-state index contributed by atoms with van der Waals surface area (Å²) in [6.07, 6.45) is 7.77. The Kier molecular flexibility index (Phi) is 4.08. The summed E-state index contributed by atoms with van der Waals surface area (Å²) >= 11 is 7.83. The Labute approximate surface area is 167 Å². The molecular formula is C22H19ClN2OS. The Bertz CT molecular complexity index is 1020. The van der Waals surface area contributed by atoms with E-state index in [4.69, 9.17) is 17.3 Å². The van der Waals surface area contributed by atoms with E-state index >= 15 is 0 Å². The van der Waals surface area contributed by atoms with Crippen molar-refractivity contribution >= 4 is 39.8 Å². The van der Waals surface area contributed by atoms with Crippen LogP contribution in [0.1, 0.15) is 27.5 Å². The van der Waals surface area contributed by atoms with Crippen LogP contribution in [0.2, 0.25) is 0 Å². The van der Waals surface area contributed by atoms with E-state index in [1.807, 2.05) is 24.3 Å². The van der Waals surface area contributed by atoms with Gasteiger partial charge in [-0.1, -0.05) is 54.1 Å². The number of nitrogens with zero attached hydrogens (tertiary/aromatic N) is 1. The zero-order chi connectivity index (χ0) is 18.5. The van der Waals surface area contributed by atoms with Crippen LogP contribution in [0.4, 0.5) is 5.00 Å². The van der Waals surface area contributed by atoms with Gasteiger partial charge < -0.3 is 5.73 Å². The number of fused-ring (bicyclic) bond motifs is 1. The molecule has 0 spiro atoms. The van der Waals surface area contributed by atoms with Crippen LogP contribution < -0.4 is 5.73 Å². The number of carbonyl (C=O) groups excluding carboxylic acids is 1. The third-order valence-electron chi connectivity index (χ3n) is 5.58. The molecule has 5 rings (SSSR count). The number of anilines is 1. The Balaban J connectivity index is 1.56.